The standard InChI is InChI=1S/C15H22N4S/c1-11-8-12(2)10-19(9-11)15(20)18-17-13(3)14-6-4-5-7-16-14/h4-7,11-12H,8-10H2,1-3H3,(H,18,20)/b17-13+. The van der Waals surface area contributed by atoms with Gasteiger partial charge in [-0.2, -0.15) is 5.10 Å². The minimum absolute atomic E-state index is 0.680. The topological polar surface area (TPSA) is 40.5 Å². The highest BCUT2D eigenvalue weighted by Crippen LogP contribution is 2.20. The minimum atomic E-state index is 0.680. The average molecular weight is 290 g/mol. The Morgan fingerprint density at radius 1 is 1.35 bits per heavy atom. The highest BCUT2D eigenvalue weighted by Gasteiger charge is 2.23. The highest BCUT2D eigenvalue weighted by molar-refractivity contribution is 7.80. The zero-order valence-electron chi connectivity index (χ0n) is 12.3. The molecule has 0 aliphatic carbocycles. The zero-order chi connectivity index (χ0) is 14.5. The Bertz CT molecular complexity index is 476. The summed E-state index contributed by atoms with van der Waals surface area (Å²) in [5, 5.41) is 5.05. The fourth-order valence-corrected chi connectivity index (χ4v) is 2.86. The second kappa shape index (κ2) is 6.79. The molecule has 20 heavy (non-hydrogen) atoms. The fraction of sp³-hybridized carbons (Fsp3) is 0.533. The van der Waals surface area contributed by atoms with E-state index in [2.05, 4.69) is 34.3 Å². The lowest BCUT2D eigenvalue weighted by Gasteiger charge is -2.36. The van der Waals surface area contributed by atoms with Crippen molar-refractivity contribution < 1.29 is 0 Å². The Morgan fingerprint density at radius 2 is 2.05 bits per heavy atom. The maximum absolute atomic E-state index is 5.44. The number of hydrogen-bond acceptors (Lipinski definition) is 3. The first kappa shape index (κ1) is 14.9. The number of pyridine rings is 1. The lowest BCUT2D eigenvalue weighted by Crippen LogP contribution is -2.46. The van der Waals surface area contributed by atoms with Crippen molar-refractivity contribution in [3.05, 3.63) is 30.1 Å². The van der Waals surface area contributed by atoms with Crippen molar-refractivity contribution in [3.8, 4) is 0 Å². The van der Waals surface area contributed by atoms with Crippen molar-refractivity contribution in [2.75, 3.05) is 13.1 Å². The summed E-state index contributed by atoms with van der Waals surface area (Å²) in [5.74, 6) is 1.36. The van der Waals surface area contributed by atoms with E-state index >= 15 is 0 Å². The van der Waals surface area contributed by atoms with Crippen molar-refractivity contribution in [1.82, 2.24) is 15.3 Å². The first-order chi connectivity index (χ1) is 9.56. The van der Waals surface area contributed by atoms with Crippen LogP contribution < -0.4 is 5.43 Å². The predicted octanol–water partition coefficient (Wildman–Crippen LogP) is 2.66. The van der Waals surface area contributed by atoms with E-state index in [1.807, 2.05) is 25.1 Å². The molecule has 1 N–H and O–H groups in total. The average Bonchev–Trinajstić information content (AvgIpc) is 2.44. The van der Waals surface area contributed by atoms with Gasteiger partial charge in [-0.25, -0.2) is 0 Å². The Hall–Kier alpha value is -1.49. The Labute approximate surface area is 126 Å². The molecule has 1 aliphatic heterocycles. The number of nitrogens with zero attached hydrogens (tertiary/aromatic N) is 3. The summed E-state index contributed by atoms with van der Waals surface area (Å²) in [6.45, 7) is 8.49. The molecular weight excluding hydrogens is 268 g/mol. The third-order valence-electron chi connectivity index (χ3n) is 3.51. The van der Waals surface area contributed by atoms with E-state index in [1.165, 1.54) is 6.42 Å². The monoisotopic (exact) mass is 290 g/mol. The number of nitrogens with one attached hydrogen (secondary N) is 1. The number of piperidine rings is 1. The second-order valence-corrected chi connectivity index (χ2v) is 6.07. The van der Waals surface area contributed by atoms with Gasteiger partial charge in [-0.1, -0.05) is 19.9 Å². The van der Waals surface area contributed by atoms with Crippen LogP contribution in [0, 0.1) is 11.8 Å². The molecule has 0 amide bonds. The van der Waals surface area contributed by atoms with Crippen LogP contribution in [-0.4, -0.2) is 33.8 Å². The Kier molecular flexibility index (Phi) is 5.06. The lowest BCUT2D eigenvalue weighted by molar-refractivity contribution is 0.212. The molecule has 0 radical (unpaired) electrons. The van der Waals surface area contributed by atoms with Crippen molar-refractivity contribution in [2.45, 2.75) is 27.2 Å². The van der Waals surface area contributed by atoms with Gasteiger partial charge in [0.2, 0.25) is 0 Å². The maximum atomic E-state index is 5.44. The number of likely N-dealkylation sites (tertiary alicyclic amines) is 1. The molecule has 2 atom stereocenters. The number of aromatic nitrogens is 1. The van der Waals surface area contributed by atoms with Crippen LogP contribution in [0.3, 0.4) is 0 Å². The molecule has 1 aromatic rings. The maximum Gasteiger partial charge on any atom is 0.189 e. The SMILES string of the molecule is C/C(=N\NC(=S)N1CC(C)CC(C)C1)c1ccccn1. The van der Waals surface area contributed by atoms with Gasteiger partial charge in [-0.15, -0.1) is 0 Å². The van der Waals surface area contributed by atoms with E-state index in [0.717, 1.165) is 24.5 Å². The van der Waals surface area contributed by atoms with Gasteiger partial charge < -0.3 is 4.90 Å². The quantitative estimate of drug-likeness (QED) is 0.516. The van der Waals surface area contributed by atoms with Crippen molar-refractivity contribution >= 4 is 23.0 Å². The zero-order valence-corrected chi connectivity index (χ0v) is 13.2. The van der Waals surface area contributed by atoms with Gasteiger partial charge in [0.25, 0.3) is 0 Å². The summed E-state index contributed by atoms with van der Waals surface area (Å²) in [6.07, 6.45) is 3.04. The van der Waals surface area contributed by atoms with Crippen LogP contribution in [0.4, 0.5) is 0 Å². The van der Waals surface area contributed by atoms with Crippen LogP contribution in [0.25, 0.3) is 0 Å². The van der Waals surface area contributed by atoms with Gasteiger partial charge in [0.1, 0.15) is 0 Å². The summed E-state index contributed by atoms with van der Waals surface area (Å²) < 4.78 is 0. The van der Waals surface area contributed by atoms with Crippen LogP contribution in [0.2, 0.25) is 0 Å². The van der Waals surface area contributed by atoms with E-state index in [-0.39, 0.29) is 0 Å². The molecule has 0 aromatic carbocycles. The van der Waals surface area contributed by atoms with Crippen LogP contribution in [0.15, 0.2) is 29.5 Å². The first-order valence-electron chi connectivity index (χ1n) is 7.07. The van der Waals surface area contributed by atoms with Gasteiger partial charge >= 0.3 is 0 Å². The molecule has 1 aromatic heterocycles. The molecule has 0 bridgehead atoms. The van der Waals surface area contributed by atoms with Crippen molar-refractivity contribution in [2.24, 2.45) is 16.9 Å². The van der Waals surface area contributed by atoms with Gasteiger partial charge in [0, 0.05) is 19.3 Å². The molecule has 0 saturated carbocycles. The van der Waals surface area contributed by atoms with Gasteiger partial charge in [0.15, 0.2) is 5.11 Å². The lowest BCUT2D eigenvalue weighted by atomic mass is 9.92. The molecular formula is C15H22N4S. The fourth-order valence-electron chi connectivity index (χ4n) is 2.67. The summed E-state index contributed by atoms with van der Waals surface area (Å²) in [6, 6.07) is 5.79. The summed E-state index contributed by atoms with van der Waals surface area (Å²) in [5.41, 5.74) is 4.70. The third kappa shape index (κ3) is 4.00. The Morgan fingerprint density at radius 3 is 2.65 bits per heavy atom. The molecule has 1 aliphatic rings. The predicted molar refractivity (Wildman–Crippen MR) is 86.7 cm³/mol. The summed E-state index contributed by atoms with van der Waals surface area (Å²) in [7, 11) is 0. The summed E-state index contributed by atoms with van der Waals surface area (Å²) >= 11 is 5.44. The molecule has 1 saturated heterocycles. The first-order valence-corrected chi connectivity index (χ1v) is 7.47. The summed E-state index contributed by atoms with van der Waals surface area (Å²) in [4.78, 5) is 6.48. The van der Waals surface area contributed by atoms with E-state index in [4.69, 9.17) is 12.2 Å². The van der Waals surface area contributed by atoms with Gasteiger partial charge in [0.05, 0.1) is 11.4 Å². The number of hydrazone groups is 1. The highest BCUT2D eigenvalue weighted by atomic mass is 32.1. The number of thiocarbonyl (C=S) groups is 1. The van der Waals surface area contributed by atoms with E-state index < -0.39 is 0 Å². The minimum Gasteiger partial charge on any atom is -0.347 e. The molecule has 0 spiro atoms. The Balaban J connectivity index is 1.94. The molecule has 108 valence electrons. The van der Waals surface area contributed by atoms with Gasteiger partial charge in [-0.05, 0) is 49.5 Å². The molecule has 2 heterocycles. The van der Waals surface area contributed by atoms with Crippen LogP contribution >= 0.6 is 12.2 Å². The van der Waals surface area contributed by atoms with E-state index in [0.29, 0.717) is 16.9 Å². The molecule has 4 nitrogen and oxygen atoms in total. The van der Waals surface area contributed by atoms with Crippen molar-refractivity contribution in [3.63, 3.8) is 0 Å². The number of hydrogen-bond donors (Lipinski definition) is 1. The normalized spacial score (nSPS) is 23.6. The van der Waals surface area contributed by atoms with Crippen LogP contribution in [-0.2, 0) is 0 Å². The third-order valence-corrected chi connectivity index (χ3v) is 3.86. The second-order valence-electron chi connectivity index (χ2n) is 5.68. The van der Waals surface area contributed by atoms with E-state index in [9.17, 15) is 0 Å². The molecule has 1 fully saturated rings. The van der Waals surface area contributed by atoms with Crippen molar-refractivity contribution in [1.29, 1.82) is 0 Å². The molecule has 2 rings (SSSR count). The molecule has 2 unspecified atom stereocenters. The van der Waals surface area contributed by atoms with Gasteiger partial charge in [-0.3, -0.25) is 10.4 Å². The van der Waals surface area contributed by atoms with E-state index in [1.54, 1.807) is 6.20 Å². The number of rotatable bonds is 2. The van der Waals surface area contributed by atoms with Crippen LogP contribution in [0.1, 0.15) is 32.9 Å². The van der Waals surface area contributed by atoms with Crippen LogP contribution in [0.5, 0.6) is 0 Å². The molecule has 5 heteroatoms. The smallest absolute Gasteiger partial charge is 0.189 e. The largest absolute Gasteiger partial charge is 0.347 e.